The fourth-order valence-electron chi connectivity index (χ4n) is 1.87. The summed E-state index contributed by atoms with van der Waals surface area (Å²) in [6, 6.07) is 7.66. The number of hydrogen-bond donors (Lipinski definition) is 2. The molecule has 1 aromatic carbocycles. The van der Waals surface area contributed by atoms with Crippen LogP contribution < -0.4 is 10.1 Å². The van der Waals surface area contributed by atoms with Crippen LogP contribution in [0.25, 0.3) is 0 Å². The van der Waals surface area contributed by atoms with E-state index in [0.717, 1.165) is 11.3 Å². The molecule has 2 N–H and O–H groups in total. The Morgan fingerprint density at radius 3 is 2.81 bits per heavy atom. The third-order valence-corrected chi connectivity index (χ3v) is 3.29. The van der Waals surface area contributed by atoms with Crippen LogP contribution in [0.4, 0.5) is 0 Å². The number of carbonyl (C=O) groups excluding carboxylic acids is 1. The van der Waals surface area contributed by atoms with Crippen LogP contribution in [0.15, 0.2) is 24.3 Å². The molecular formula is C16H25NO4. The van der Waals surface area contributed by atoms with Crippen molar-refractivity contribution in [2.75, 3.05) is 27.4 Å². The summed E-state index contributed by atoms with van der Waals surface area (Å²) in [6.07, 6.45) is 1.51. The van der Waals surface area contributed by atoms with Crippen LogP contribution in [0.1, 0.15) is 25.3 Å². The summed E-state index contributed by atoms with van der Waals surface area (Å²) < 4.78 is 10.1. The number of nitrogens with one attached hydrogen (secondary N) is 1. The Hall–Kier alpha value is -1.59. The van der Waals surface area contributed by atoms with Gasteiger partial charge in [0.15, 0.2) is 0 Å². The minimum atomic E-state index is -0.943. The zero-order valence-corrected chi connectivity index (χ0v) is 13.0. The number of benzene rings is 1. The standard InChI is InChI=1S/C16H25NO4/c1-16(19,9-10-20-2)12-17-15(18)8-7-13-5-4-6-14(11-13)21-3/h4-6,11,19H,7-10,12H2,1-3H3,(H,17,18). The fraction of sp³-hybridized carbons (Fsp3) is 0.562. The number of aliphatic hydroxyl groups is 1. The van der Waals surface area contributed by atoms with Gasteiger partial charge in [0.1, 0.15) is 5.75 Å². The van der Waals surface area contributed by atoms with Crippen LogP contribution in [-0.4, -0.2) is 44.0 Å². The highest BCUT2D eigenvalue weighted by molar-refractivity contribution is 5.76. The van der Waals surface area contributed by atoms with Crippen LogP contribution in [0, 0.1) is 0 Å². The van der Waals surface area contributed by atoms with E-state index < -0.39 is 5.60 Å². The number of ether oxygens (including phenoxy) is 2. The predicted molar refractivity (Wildman–Crippen MR) is 81.4 cm³/mol. The first-order valence-corrected chi connectivity index (χ1v) is 7.08. The molecule has 1 rings (SSSR count). The van der Waals surface area contributed by atoms with Gasteiger partial charge in [0.25, 0.3) is 0 Å². The summed E-state index contributed by atoms with van der Waals surface area (Å²) in [5.74, 6) is 0.714. The molecule has 1 atom stereocenters. The summed E-state index contributed by atoms with van der Waals surface area (Å²) in [4.78, 5) is 11.8. The minimum absolute atomic E-state index is 0.0736. The van der Waals surface area contributed by atoms with E-state index in [1.807, 2.05) is 24.3 Å². The van der Waals surface area contributed by atoms with Gasteiger partial charge in [0.2, 0.25) is 5.91 Å². The molecule has 0 aliphatic heterocycles. The molecule has 0 radical (unpaired) electrons. The Labute approximate surface area is 126 Å². The van der Waals surface area contributed by atoms with Crippen molar-refractivity contribution in [3.63, 3.8) is 0 Å². The molecule has 0 saturated heterocycles. The first-order valence-electron chi connectivity index (χ1n) is 7.08. The number of carbonyl (C=O) groups is 1. The molecule has 1 aromatic rings. The van der Waals surface area contributed by atoms with Crippen molar-refractivity contribution in [3.8, 4) is 5.75 Å². The largest absolute Gasteiger partial charge is 0.497 e. The normalized spacial score (nSPS) is 13.5. The molecule has 5 nitrogen and oxygen atoms in total. The molecule has 0 aliphatic rings. The highest BCUT2D eigenvalue weighted by atomic mass is 16.5. The Morgan fingerprint density at radius 2 is 2.14 bits per heavy atom. The number of methoxy groups -OCH3 is 2. The average molecular weight is 295 g/mol. The zero-order valence-electron chi connectivity index (χ0n) is 13.0. The molecule has 0 spiro atoms. The predicted octanol–water partition coefficient (Wildman–Crippen LogP) is 1.53. The van der Waals surface area contributed by atoms with E-state index in [4.69, 9.17) is 9.47 Å². The summed E-state index contributed by atoms with van der Waals surface area (Å²) >= 11 is 0. The van der Waals surface area contributed by atoms with E-state index in [0.29, 0.717) is 25.9 Å². The van der Waals surface area contributed by atoms with E-state index in [1.165, 1.54) is 0 Å². The van der Waals surface area contributed by atoms with E-state index in [-0.39, 0.29) is 12.5 Å². The van der Waals surface area contributed by atoms with E-state index in [2.05, 4.69) is 5.32 Å². The third kappa shape index (κ3) is 7.11. The zero-order chi connectivity index (χ0) is 15.7. The summed E-state index contributed by atoms with van der Waals surface area (Å²) in [5.41, 5.74) is 0.109. The van der Waals surface area contributed by atoms with Gasteiger partial charge < -0.3 is 19.9 Å². The van der Waals surface area contributed by atoms with Crippen LogP contribution in [0.2, 0.25) is 0 Å². The number of amides is 1. The van der Waals surface area contributed by atoms with Gasteiger partial charge in [-0.05, 0) is 31.0 Å². The Bertz CT molecular complexity index is 446. The topological polar surface area (TPSA) is 67.8 Å². The SMILES string of the molecule is COCCC(C)(O)CNC(=O)CCc1cccc(OC)c1. The van der Waals surface area contributed by atoms with Gasteiger partial charge in [0.05, 0.1) is 12.7 Å². The summed E-state index contributed by atoms with van der Waals surface area (Å²) in [7, 11) is 3.21. The maximum absolute atomic E-state index is 11.8. The van der Waals surface area contributed by atoms with Crippen molar-refractivity contribution >= 4 is 5.91 Å². The Kier molecular flexibility index (Phi) is 7.19. The van der Waals surface area contributed by atoms with Gasteiger partial charge >= 0.3 is 0 Å². The van der Waals surface area contributed by atoms with Crippen LogP contribution in [0.5, 0.6) is 5.75 Å². The lowest BCUT2D eigenvalue weighted by Crippen LogP contribution is -2.41. The molecule has 0 heterocycles. The van der Waals surface area contributed by atoms with Crippen molar-refractivity contribution in [2.45, 2.75) is 31.8 Å². The lowest BCUT2D eigenvalue weighted by Gasteiger charge is -2.23. The second kappa shape index (κ2) is 8.64. The van der Waals surface area contributed by atoms with Gasteiger partial charge in [-0.3, -0.25) is 4.79 Å². The second-order valence-electron chi connectivity index (χ2n) is 5.37. The molecule has 5 heteroatoms. The molecule has 1 unspecified atom stereocenters. The van der Waals surface area contributed by atoms with Gasteiger partial charge in [-0.2, -0.15) is 0 Å². The number of aryl methyl sites for hydroxylation is 1. The fourth-order valence-corrected chi connectivity index (χ4v) is 1.87. The second-order valence-corrected chi connectivity index (χ2v) is 5.37. The van der Waals surface area contributed by atoms with E-state index in [1.54, 1.807) is 21.1 Å². The van der Waals surface area contributed by atoms with Crippen molar-refractivity contribution in [1.29, 1.82) is 0 Å². The molecule has 0 aliphatic carbocycles. The molecule has 0 bridgehead atoms. The molecule has 0 fully saturated rings. The molecular weight excluding hydrogens is 270 g/mol. The smallest absolute Gasteiger partial charge is 0.220 e. The van der Waals surface area contributed by atoms with Crippen molar-refractivity contribution < 1.29 is 19.4 Å². The molecule has 0 aromatic heterocycles. The maximum atomic E-state index is 11.8. The monoisotopic (exact) mass is 295 g/mol. The van der Waals surface area contributed by atoms with Crippen LogP contribution in [-0.2, 0) is 16.0 Å². The number of hydrogen-bond acceptors (Lipinski definition) is 4. The number of rotatable bonds is 9. The van der Waals surface area contributed by atoms with E-state index >= 15 is 0 Å². The molecule has 0 saturated carbocycles. The highest BCUT2D eigenvalue weighted by Gasteiger charge is 2.20. The van der Waals surface area contributed by atoms with E-state index in [9.17, 15) is 9.90 Å². The van der Waals surface area contributed by atoms with Crippen LogP contribution >= 0.6 is 0 Å². The van der Waals surface area contributed by atoms with Crippen molar-refractivity contribution in [3.05, 3.63) is 29.8 Å². The summed E-state index contributed by atoms with van der Waals surface area (Å²) in [6.45, 7) is 2.38. The van der Waals surface area contributed by atoms with Crippen molar-refractivity contribution in [2.24, 2.45) is 0 Å². The molecule has 21 heavy (non-hydrogen) atoms. The minimum Gasteiger partial charge on any atom is -0.497 e. The van der Waals surface area contributed by atoms with Gasteiger partial charge in [-0.15, -0.1) is 0 Å². The Balaban J connectivity index is 2.33. The van der Waals surface area contributed by atoms with Crippen LogP contribution in [0.3, 0.4) is 0 Å². The molecule has 118 valence electrons. The first-order chi connectivity index (χ1) is 9.96. The maximum Gasteiger partial charge on any atom is 0.220 e. The van der Waals surface area contributed by atoms with Gasteiger partial charge in [-0.1, -0.05) is 12.1 Å². The quantitative estimate of drug-likeness (QED) is 0.725. The summed E-state index contributed by atoms with van der Waals surface area (Å²) in [5, 5.41) is 12.8. The van der Waals surface area contributed by atoms with Gasteiger partial charge in [0, 0.05) is 33.1 Å². The van der Waals surface area contributed by atoms with Crippen molar-refractivity contribution in [1.82, 2.24) is 5.32 Å². The molecule has 1 amide bonds. The third-order valence-electron chi connectivity index (χ3n) is 3.29. The Morgan fingerprint density at radius 1 is 1.38 bits per heavy atom. The highest BCUT2D eigenvalue weighted by Crippen LogP contribution is 2.14. The average Bonchev–Trinajstić information content (AvgIpc) is 2.49. The first kappa shape index (κ1) is 17.5. The lowest BCUT2D eigenvalue weighted by molar-refractivity contribution is -0.122. The van der Waals surface area contributed by atoms with Gasteiger partial charge in [-0.25, -0.2) is 0 Å². The lowest BCUT2D eigenvalue weighted by atomic mass is 10.0.